The smallest absolute Gasteiger partial charge is 0.306 e. The third kappa shape index (κ3) is 6.46. The number of ether oxygens (including phenoxy) is 1. The standard InChI is InChI=1S/C17H19N3O5/c1-12-4-2-8-18-17(12)20-14(21)6-7-16(23)25-11-15(22)19-10-13-5-3-9-24-13/h2-5,8-9H,6-7,10-11H2,1H3,(H,19,22)(H,18,20,21). The molecular weight excluding hydrogens is 326 g/mol. The average Bonchev–Trinajstić information content (AvgIpc) is 3.12. The van der Waals surface area contributed by atoms with E-state index in [4.69, 9.17) is 9.15 Å². The Balaban J connectivity index is 1.62. The summed E-state index contributed by atoms with van der Waals surface area (Å²) >= 11 is 0. The Bertz CT molecular complexity index is 728. The average molecular weight is 345 g/mol. The van der Waals surface area contributed by atoms with Gasteiger partial charge < -0.3 is 19.8 Å². The highest BCUT2D eigenvalue weighted by Crippen LogP contribution is 2.09. The molecule has 0 aliphatic rings. The molecule has 0 aliphatic carbocycles. The number of aryl methyl sites for hydroxylation is 1. The molecule has 0 saturated carbocycles. The van der Waals surface area contributed by atoms with Gasteiger partial charge in [-0.05, 0) is 30.7 Å². The quantitative estimate of drug-likeness (QED) is 0.703. The zero-order valence-corrected chi connectivity index (χ0v) is 13.8. The highest BCUT2D eigenvalue weighted by molar-refractivity contribution is 5.92. The van der Waals surface area contributed by atoms with Crippen molar-refractivity contribution in [3.8, 4) is 0 Å². The number of hydrogen-bond donors (Lipinski definition) is 2. The summed E-state index contributed by atoms with van der Waals surface area (Å²) in [7, 11) is 0. The maximum atomic E-state index is 11.8. The summed E-state index contributed by atoms with van der Waals surface area (Å²) in [6.07, 6.45) is 2.89. The fraction of sp³-hybridized carbons (Fsp3) is 0.294. The van der Waals surface area contributed by atoms with Crippen molar-refractivity contribution in [2.75, 3.05) is 11.9 Å². The number of hydrogen-bond acceptors (Lipinski definition) is 6. The molecule has 8 heteroatoms. The first-order valence-corrected chi connectivity index (χ1v) is 7.71. The zero-order valence-electron chi connectivity index (χ0n) is 13.8. The number of nitrogens with one attached hydrogen (secondary N) is 2. The van der Waals surface area contributed by atoms with Crippen LogP contribution in [0.5, 0.6) is 0 Å². The van der Waals surface area contributed by atoms with Crippen LogP contribution in [0.1, 0.15) is 24.2 Å². The van der Waals surface area contributed by atoms with Crippen LogP contribution in [0.25, 0.3) is 0 Å². The second-order valence-corrected chi connectivity index (χ2v) is 5.23. The molecule has 25 heavy (non-hydrogen) atoms. The highest BCUT2D eigenvalue weighted by atomic mass is 16.5. The Labute approximate surface area is 144 Å². The van der Waals surface area contributed by atoms with E-state index in [1.807, 2.05) is 13.0 Å². The molecule has 0 aromatic carbocycles. The molecule has 0 bridgehead atoms. The number of esters is 1. The van der Waals surface area contributed by atoms with Crippen LogP contribution >= 0.6 is 0 Å². The van der Waals surface area contributed by atoms with E-state index in [0.717, 1.165) is 5.56 Å². The molecule has 0 spiro atoms. The van der Waals surface area contributed by atoms with Crippen molar-refractivity contribution in [3.63, 3.8) is 0 Å². The first-order chi connectivity index (χ1) is 12.0. The lowest BCUT2D eigenvalue weighted by atomic mass is 10.2. The van der Waals surface area contributed by atoms with Crippen LogP contribution in [0.4, 0.5) is 5.82 Å². The number of furan rings is 1. The lowest BCUT2D eigenvalue weighted by molar-refractivity contribution is -0.149. The van der Waals surface area contributed by atoms with Crippen molar-refractivity contribution in [2.45, 2.75) is 26.3 Å². The Hall–Kier alpha value is -3.16. The number of rotatable bonds is 8. The minimum atomic E-state index is -0.624. The summed E-state index contributed by atoms with van der Waals surface area (Å²) in [6.45, 7) is 1.63. The van der Waals surface area contributed by atoms with Gasteiger partial charge >= 0.3 is 5.97 Å². The fourth-order valence-corrected chi connectivity index (χ4v) is 1.89. The Morgan fingerprint density at radius 2 is 2.00 bits per heavy atom. The van der Waals surface area contributed by atoms with Crippen molar-refractivity contribution in [2.24, 2.45) is 0 Å². The van der Waals surface area contributed by atoms with E-state index in [9.17, 15) is 14.4 Å². The van der Waals surface area contributed by atoms with Gasteiger partial charge in [-0.3, -0.25) is 14.4 Å². The summed E-state index contributed by atoms with van der Waals surface area (Å²) in [5.74, 6) is -0.361. The van der Waals surface area contributed by atoms with E-state index in [2.05, 4.69) is 15.6 Å². The van der Waals surface area contributed by atoms with E-state index >= 15 is 0 Å². The molecule has 2 rings (SSSR count). The summed E-state index contributed by atoms with van der Waals surface area (Å²) in [5.41, 5.74) is 0.826. The molecule has 2 N–H and O–H groups in total. The van der Waals surface area contributed by atoms with Gasteiger partial charge in [0.05, 0.1) is 19.2 Å². The Morgan fingerprint density at radius 1 is 1.16 bits per heavy atom. The maximum Gasteiger partial charge on any atom is 0.306 e. The SMILES string of the molecule is Cc1cccnc1NC(=O)CCC(=O)OCC(=O)NCc1ccco1. The van der Waals surface area contributed by atoms with Crippen molar-refractivity contribution in [1.82, 2.24) is 10.3 Å². The molecule has 8 nitrogen and oxygen atoms in total. The Kier molecular flexibility index (Phi) is 6.70. The molecule has 0 aliphatic heterocycles. The van der Waals surface area contributed by atoms with E-state index in [0.29, 0.717) is 11.6 Å². The fourth-order valence-electron chi connectivity index (χ4n) is 1.89. The van der Waals surface area contributed by atoms with Crippen LogP contribution in [-0.2, 0) is 25.7 Å². The highest BCUT2D eigenvalue weighted by Gasteiger charge is 2.12. The topological polar surface area (TPSA) is 111 Å². The first-order valence-electron chi connectivity index (χ1n) is 7.71. The summed E-state index contributed by atoms with van der Waals surface area (Å²) in [4.78, 5) is 39.0. The largest absolute Gasteiger partial charge is 0.467 e. The van der Waals surface area contributed by atoms with Gasteiger partial charge in [-0.1, -0.05) is 6.07 Å². The monoisotopic (exact) mass is 345 g/mol. The third-order valence-corrected chi connectivity index (χ3v) is 3.23. The number of amides is 2. The molecular formula is C17H19N3O5. The van der Waals surface area contributed by atoms with Gasteiger partial charge in [-0.15, -0.1) is 0 Å². The van der Waals surface area contributed by atoms with E-state index < -0.39 is 18.5 Å². The predicted octanol–water partition coefficient (Wildman–Crippen LogP) is 1.56. The van der Waals surface area contributed by atoms with E-state index in [-0.39, 0.29) is 25.3 Å². The van der Waals surface area contributed by atoms with E-state index in [1.54, 1.807) is 24.4 Å². The van der Waals surface area contributed by atoms with Gasteiger partial charge in [0.15, 0.2) is 6.61 Å². The molecule has 2 heterocycles. The van der Waals surface area contributed by atoms with Gasteiger partial charge in [0, 0.05) is 12.6 Å². The number of anilines is 1. The summed E-state index contributed by atoms with van der Waals surface area (Å²) in [5, 5.41) is 5.17. The minimum absolute atomic E-state index is 0.0527. The molecule has 0 atom stereocenters. The summed E-state index contributed by atoms with van der Waals surface area (Å²) < 4.78 is 9.88. The van der Waals surface area contributed by atoms with Crippen molar-refractivity contribution in [3.05, 3.63) is 48.0 Å². The molecule has 2 aromatic rings. The van der Waals surface area contributed by atoms with Crippen LogP contribution in [0.2, 0.25) is 0 Å². The lowest BCUT2D eigenvalue weighted by Gasteiger charge is -2.07. The van der Waals surface area contributed by atoms with Crippen LogP contribution < -0.4 is 10.6 Å². The van der Waals surface area contributed by atoms with Crippen LogP contribution in [0.15, 0.2) is 41.1 Å². The van der Waals surface area contributed by atoms with E-state index in [1.165, 1.54) is 6.26 Å². The number of pyridine rings is 1. The van der Waals surface area contributed by atoms with Crippen molar-refractivity contribution in [1.29, 1.82) is 0 Å². The van der Waals surface area contributed by atoms with Gasteiger partial charge in [-0.25, -0.2) is 4.98 Å². The first kappa shape index (κ1) is 18.2. The van der Waals surface area contributed by atoms with Crippen molar-refractivity contribution >= 4 is 23.6 Å². The predicted molar refractivity (Wildman–Crippen MR) is 88.4 cm³/mol. The molecule has 0 radical (unpaired) electrons. The normalized spacial score (nSPS) is 10.1. The van der Waals surface area contributed by atoms with Crippen molar-refractivity contribution < 1.29 is 23.5 Å². The second kappa shape index (κ2) is 9.21. The number of nitrogens with zero attached hydrogens (tertiary/aromatic N) is 1. The number of aromatic nitrogens is 1. The number of carbonyl (C=O) groups excluding carboxylic acids is 3. The van der Waals surface area contributed by atoms with Gasteiger partial charge in [0.25, 0.3) is 5.91 Å². The second-order valence-electron chi connectivity index (χ2n) is 5.23. The molecule has 0 fully saturated rings. The number of carbonyl (C=O) groups is 3. The molecule has 132 valence electrons. The maximum absolute atomic E-state index is 11.8. The third-order valence-electron chi connectivity index (χ3n) is 3.23. The Morgan fingerprint density at radius 3 is 2.72 bits per heavy atom. The molecule has 2 amide bonds. The van der Waals surface area contributed by atoms with Gasteiger partial charge in [-0.2, -0.15) is 0 Å². The summed E-state index contributed by atoms with van der Waals surface area (Å²) in [6, 6.07) is 7.00. The van der Waals surface area contributed by atoms with Crippen LogP contribution in [0.3, 0.4) is 0 Å². The molecule has 0 saturated heterocycles. The molecule has 0 unspecified atom stereocenters. The zero-order chi connectivity index (χ0) is 18.1. The minimum Gasteiger partial charge on any atom is -0.467 e. The molecule has 2 aromatic heterocycles. The van der Waals surface area contributed by atoms with Gasteiger partial charge in [0.1, 0.15) is 11.6 Å². The van der Waals surface area contributed by atoms with Crippen LogP contribution in [0, 0.1) is 6.92 Å². The lowest BCUT2D eigenvalue weighted by Crippen LogP contribution is -2.28. The van der Waals surface area contributed by atoms with Crippen LogP contribution in [-0.4, -0.2) is 29.4 Å². The van der Waals surface area contributed by atoms with Gasteiger partial charge in [0.2, 0.25) is 5.91 Å².